The molecule has 31 heavy (non-hydrogen) atoms. The van der Waals surface area contributed by atoms with Crippen molar-refractivity contribution in [3.63, 3.8) is 0 Å². The van der Waals surface area contributed by atoms with Gasteiger partial charge in [-0.2, -0.15) is 0 Å². The van der Waals surface area contributed by atoms with Gasteiger partial charge < -0.3 is 15.4 Å². The number of urea groups is 1. The highest BCUT2D eigenvalue weighted by molar-refractivity contribution is 6.08. The Morgan fingerprint density at radius 2 is 1.71 bits per heavy atom. The van der Waals surface area contributed by atoms with Crippen molar-refractivity contribution in [3.8, 4) is 0 Å². The van der Waals surface area contributed by atoms with Crippen LogP contribution in [0.2, 0.25) is 0 Å². The van der Waals surface area contributed by atoms with Crippen LogP contribution in [0.3, 0.4) is 0 Å². The summed E-state index contributed by atoms with van der Waals surface area (Å²) in [4.78, 5) is 50.4. The Morgan fingerprint density at radius 3 is 2.26 bits per heavy atom. The third-order valence-corrected chi connectivity index (χ3v) is 8.73. The zero-order chi connectivity index (χ0) is 22.0. The SMILES string of the molecule is C[C@@H](NC(=O)COC(=O)CN1C(=O)N[C@@](C)(C2CC2)C1=O)C12CC3CC(CC(C3)C1)C2. The topological polar surface area (TPSA) is 105 Å². The van der Waals surface area contributed by atoms with Crippen LogP contribution in [0.1, 0.15) is 65.2 Å². The van der Waals surface area contributed by atoms with Crippen molar-refractivity contribution in [2.45, 2.75) is 76.8 Å². The number of hydrogen-bond acceptors (Lipinski definition) is 5. The molecule has 1 aliphatic heterocycles. The molecule has 4 bridgehead atoms. The van der Waals surface area contributed by atoms with E-state index >= 15 is 0 Å². The van der Waals surface area contributed by atoms with E-state index in [2.05, 4.69) is 17.6 Å². The molecule has 0 unspecified atom stereocenters. The van der Waals surface area contributed by atoms with E-state index in [-0.39, 0.29) is 29.9 Å². The molecule has 2 N–H and O–H groups in total. The van der Waals surface area contributed by atoms with Gasteiger partial charge in [-0.3, -0.25) is 19.3 Å². The number of nitrogens with zero attached hydrogens (tertiary/aromatic N) is 1. The molecule has 6 fully saturated rings. The lowest BCUT2D eigenvalue weighted by Gasteiger charge is -2.59. The molecule has 0 spiro atoms. The average Bonchev–Trinajstić information content (AvgIpc) is 3.51. The van der Waals surface area contributed by atoms with Gasteiger partial charge in [0.2, 0.25) is 0 Å². The van der Waals surface area contributed by atoms with Crippen LogP contribution in [0.5, 0.6) is 0 Å². The summed E-state index contributed by atoms with van der Waals surface area (Å²) < 4.78 is 5.10. The zero-order valence-electron chi connectivity index (χ0n) is 18.4. The van der Waals surface area contributed by atoms with Gasteiger partial charge in [0.15, 0.2) is 6.61 Å². The summed E-state index contributed by atoms with van der Waals surface area (Å²) in [5.41, 5.74) is -0.746. The summed E-state index contributed by atoms with van der Waals surface area (Å²) in [5.74, 6) is 1.06. The average molecular weight is 432 g/mol. The maximum atomic E-state index is 12.6. The molecule has 0 aromatic heterocycles. The van der Waals surface area contributed by atoms with Crippen LogP contribution in [0, 0.1) is 29.1 Å². The first-order valence-corrected chi connectivity index (χ1v) is 11.8. The summed E-state index contributed by atoms with van der Waals surface area (Å²) in [7, 11) is 0. The first-order valence-electron chi connectivity index (χ1n) is 11.8. The highest BCUT2D eigenvalue weighted by Crippen LogP contribution is 2.61. The molecular weight excluding hydrogens is 398 g/mol. The lowest BCUT2D eigenvalue weighted by molar-refractivity contribution is -0.151. The van der Waals surface area contributed by atoms with Crippen molar-refractivity contribution in [1.29, 1.82) is 0 Å². The van der Waals surface area contributed by atoms with Crippen molar-refractivity contribution in [3.05, 3.63) is 0 Å². The Morgan fingerprint density at radius 1 is 1.13 bits per heavy atom. The Hall–Kier alpha value is -2.12. The molecule has 0 aromatic rings. The predicted octanol–water partition coefficient (Wildman–Crippen LogP) is 1.97. The van der Waals surface area contributed by atoms with Crippen molar-refractivity contribution < 1.29 is 23.9 Å². The van der Waals surface area contributed by atoms with E-state index in [4.69, 9.17) is 4.74 Å². The number of nitrogens with one attached hydrogen (secondary N) is 2. The van der Waals surface area contributed by atoms with E-state index < -0.39 is 30.0 Å². The monoisotopic (exact) mass is 431 g/mol. The zero-order valence-corrected chi connectivity index (χ0v) is 18.4. The predicted molar refractivity (Wildman–Crippen MR) is 111 cm³/mol. The fourth-order valence-electron chi connectivity index (χ4n) is 7.26. The Bertz CT molecular complexity index is 787. The normalized spacial score (nSPS) is 39.4. The van der Waals surface area contributed by atoms with Crippen LogP contribution < -0.4 is 10.6 Å². The molecule has 6 rings (SSSR count). The van der Waals surface area contributed by atoms with Crippen LogP contribution >= 0.6 is 0 Å². The number of ether oxygens (including phenoxy) is 1. The summed E-state index contributed by atoms with van der Waals surface area (Å²) in [5, 5.41) is 5.77. The molecule has 0 aromatic carbocycles. The van der Waals surface area contributed by atoms with Gasteiger partial charge in [-0.1, -0.05) is 0 Å². The number of carbonyl (C=O) groups excluding carboxylic acids is 4. The molecule has 0 radical (unpaired) electrons. The van der Waals surface area contributed by atoms with E-state index in [9.17, 15) is 19.2 Å². The fourth-order valence-corrected chi connectivity index (χ4v) is 7.26. The smallest absolute Gasteiger partial charge is 0.326 e. The fraction of sp³-hybridized carbons (Fsp3) is 0.826. The van der Waals surface area contributed by atoms with E-state index in [0.717, 1.165) is 35.5 Å². The van der Waals surface area contributed by atoms with Crippen molar-refractivity contribution in [2.24, 2.45) is 29.1 Å². The first-order chi connectivity index (χ1) is 14.7. The van der Waals surface area contributed by atoms with Gasteiger partial charge in [-0.05, 0) is 94.3 Å². The lowest BCUT2D eigenvalue weighted by Crippen LogP contribution is -2.56. The van der Waals surface area contributed by atoms with Crippen LogP contribution in [-0.4, -0.2) is 53.4 Å². The minimum absolute atomic E-state index is 0.0530. The van der Waals surface area contributed by atoms with E-state index in [0.29, 0.717) is 0 Å². The second kappa shape index (κ2) is 7.20. The van der Waals surface area contributed by atoms with Gasteiger partial charge in [0.05, 0.1) is 0 Å². The van der Waals surface area contributed by atoms with Gasteiger partial charge in [0.25, 0.3) is 11.8 Å². The van der Waals surface area contributed by atoms with Gasteiger partial charge in [-0.15, -0.1) is 0 Å². The molecule has 8 heteroatoms. The van der Waals surface area contributed by atoms with Crippen molar-refractivity contribution in [1.82, 2.24) is 15.5 Å². The molecule has 8 nitrogen and oxygen atoms in total. The molecule has 6 aliphatic rings. The Balaban J connectivity index is 1.10. The number of esters is 1. The minimum Gasteiger partial charge on any atom is -0.454 e. The lowest BCUT2D eigenvalue weighted by atomic mass is 9.48. The second-order valence-electron chi connectivity index (χ2n) is 11.0. The highest BCUT2D eigenvalue weighted by atomic mass is 16.5. The summed E-state index contributed by atoms with van der Waals surface area (Å²) in [6, 6.07) is -0.520. The van der Waals surface area contributed by atoms with Gasteiger partial charge >= 0.3 is 12.0 Å². The van der Waals surface area contributed by atoms with Crippen LogP contribution in [0.15, 0.2) is 0 Å². The number of hydrogen-bond donors (Lipinski definition) is 2. The quantitative estimate of drug-likeness (QED) is 0.474. The number of amides is 4. The van der Waals surface area contributed by atoms with Gasteiger partial charge in [-0.25, -0.2) is 4.79 Å². The molecule has 2 atom stereocenters. The van der Waals surface area contributed by atoms with Crippen LogP contribution in [0.4, 0.5) is 4.79 Å². The third-order valence-electron chi connectivity index (χ3n) is 8.73. The minimum atomic E-state index is -0.929. The van der Waals surface area contributed by atoms with Crippen molar-refractivity contribution in [2.75, 3.05) is 13.2 Å². The molecule has 1 saturated heterocycles. The largest absolute Gasteiger partial charge is 0.454 e. The molecule has 170 valence electrons. The van der Waals surface area contributed by atoms with Crippen molar-refractivity contribution >= 4 is 23.8 Å². The summed E-state index contributed by atoms with van der Waals surface area (Å²) in [6.07, 6.45) is 9.39. The standard InChI is InChI=1S/C23H33N3O5/c1-13(23-8-14-5-15(9-23)7-16(6-14)10-23)24-18(27)12-31-19(28)11-26-20(29)22(2,17-3-4-17)25-21(26)30/h13-17H,3-12H2,1-2H3,(H,24,27)(H,25,30)/t13-,14?,15?,16?,22+,23?/m1/s1. The highest BCUT2D eigenvalue weighted by Gasteiger charge is 2.56. The van der Waals surface area contributed by atoms with Gasteiger partial charge in [0, 0.05) is 6.04 Å². The molecule has 5 aliphatic carbocycles. The van der Waals surface area contributed by atoms with E-state index in [1.807, 2.05) is 0 Å². The first kappa shape index (κ1) is 20.8. The molecular formula is C23H33N3O5. The number of carbonyl (C=O) groups is 4. The number of imide groups is 1. The molecule has 1 heterocycles. The van der Waals surface area contributed by atoms with Crippen LogP contribution in [0.25, 0.3) is 0 Å². The Labute approximate surface area is 182 Å². The molecule has 4 amide bonds. The maximum Gasteiger partial charge on any atom is 0.326 e. The molecule has 5 saturated carbocycles. The third kappa shape index (κ3) is 3.61. The maximum absolute atomic E-state index is 12.6. The second-order valence-corrected chi connectivity index (χ2v) is 11.0. The summed E-state index contributed by atoms with van der Waals surface area (Å²) in [6.45, 7) is 2.93. The Kier molecular flexibility index (Phi) is 4.83. The van der Waals surface area contributed by atoms with E-state index in [1.54, 1.807) is 6.92 Å². The number of rotatable bonds is 7. The summed E-state index contributed by atoms with van der Waals surface area (Å²) >= 11 is 0. The van der Waals surface area contributed by atoms with Crippen LogP contribution in [-0.2, 0) is 19.1 Å². The van der Waals surface area contributed by atoms with Gasteiger partial charge in [0.1, 0.15) is 12.1 Å². The van der Waals surface area contributed by atoms with E-state index in [1.165, 1.54) is 38.5 Å².